The molecule has 2 atom stereocenters. The van der Waals surface area contributed by atoms with Crippen LogP contribution in [0.25, 0.3) is 10.8 Å². The van der Waals surface area contributed by atoms with Gasteiger partial charge in [0.2, 0.25) is 0 Å². The van der Waals surface area contributed by atoms with Gasteiger partial charge in [0.05, 0.1) is 6.61 Å². The van der Waals surface area contributed by atoms with Gasteiger partial charge in [-0.3, -0.25) is 0 Å². The Labute approximate surface area is 119 Å². The molecule has 2 aromatic rings. The van der Waals surface area contributed by atoms with Gasteiger partial charge in [0.25, 0.3) is 0 Å². The predicted molar refractivity (Wildman–Crippen MR) is 79.6 cm³/mol. The van der Waals surface area contributed by atoms with Crippen molar-refractivity contribution in [1.29, 1.82) is 0 Å². The summed E-state index contributed by atoms with van der Waals surface area (Å²) in [5.41, 5.74) is -0.596. The highest BCUT2D eigenvalue weighted by Gasteiger charge is 2.39. The molecule has 0 aromatic heterocycles. The lowest BCUT2D eigenvalue weighted by Gasteiger charge is -2.29. The minimum absolute atomic E-state index is 0.261. The average Bonchev–Trinajstić information content (AvgIpc) is 2.46. The molecule has 0 aliphatic heterocycles. The van der Waals surface area contributed by atoms with E-state index in [0.717, 1.165) is 16.3 Å². The molecule has 3 nitrogen and oxygen atoms in total. The number of ether oxygens (including phenoxy) is 1. The first-order valence-electron chi connectivity index (χ1n) is 6.85. The quantitative estimate of drug-likeness (QED) is 0.869. The third kappa shape index (κ3) is 2.54. The van der Waals surface area contributed by atoms with Gasteiger partial charge < -0.3 is 9.84 Å². The van der Waals surface area contributed by atoms with Crippen LogP contribution in [-0.4, -0.2) is 23.3 Å². The molecule has 2 rings (SSSR count). The lowest BCUT2D eigenvalue weighted by molar-refractivity contribution is -0.165. The van der Waals surface area contributed by atoms with Crippen LogP contribution in [-0.2, 0) is 9.53 Å². The second-order valence-corrected chi connectivity index (χ2v) is 5.16. The molecule has 1 N–H and O–H groups in total. The van der Waals surface area contributed by atoms with E-state index in [1.165, 1.54) is 6.92 Å². The zero-order valence-electron chi connectivity index (χ0n) is 12.1. The smallest absolute Gasteiger partial charge is 0.338 e. The van der Waals surface area contributed by atoms with Crippen LogP contribution in [0.15, 0.2) is 42.5 Å². The second-order valence-electron chi connectivity index (χ2n) is 5.16. The van der Waals surface area contributed by atoms with Gasteiger partial charge in [-0.2, -0.15) is 0 Å². The summed E-state index contributed by atoms with van der Waals surface area (Å²) in [7, 11) is 0. The van der Waals surface area contributed by atoms with E-state index in [-0.39, 0.29) is 12.5 Å². The predicted octanol–water partition coefficient (Wildman–Crippen LogP) is 3.26. The SMILES string of the molecule is CCOC(=O)C(C)(O)C(C)c1cccc2ccccc12. The number of carbonyl (C=O) groups excluding carboxylic acids is 1. The first kappa shape index (κ1) is 14.5. The highest BCUT2D eigenvalue weighted by atomic mass is 16.5. The lowest BCUT2D eigenvalue weighted by atomic mass is 9.82. The molecule has 106 valence electrons. The minimum Gasteiger partial charge on any atom is -0.464 e. The van der Waals surface area contributed by atoms with Gasteiger partial charge >= 0.3 is 5.97 Å². The first-order chi connectivity index (χ1) is 9.48. The fourth-order valence-corrected chi connectivity index (χ4v) is 2.38. The molecule has 0 heterocycles. The van der Waals surface area contributed by atoms with E-state index in [1.807, 2.05) is 49.4 Å². The summed E-state index contributed by atoms with van der Waals surface area (Å²) in [4.78, 5) is 11.9. The van der Waals surface area contributed by atoms with E-state index in [1.54, 1.807) is 6.92 Å². The molecular formula is C17H20O3. The van der Waals surface area contributed by atoms with Crippen molar-refractivity contribution in [1.82, 2.24) is 0 Å². The average molecular weight is 272 g/mol. The Kier molecular flexibility index (Phi) is 4.09. The van der Waals surface area contributed by atoms with E-state index < -0.39 is 11.6 Å². The van der Waals surface area contributed by atoms with Crippen LogP contribution in [0.2, 0.25) is 0 Å². The molecular weight excluding hydrogens is 252 g/mol. The molecule has 0 fully saturated rings. The molecule has 0 saturated heterocycles. The normalized spacial score (nSPS) is 15.6. The number of carbonyl (C=O) groups is 1. The summed E-state index contributed by atoms with van der Waals surface area (Å²) in [6, 6.07) is 13.9. The molecule has 0 spiro atoms. The van der Waals surface area contributed by atoms with Gasteiger partial charge in [-0.25, -0.2) is 4.79 Å². The van der Waals surface area contributed by atoms with Gasteiger partial charge in [-0.05, 0) is 30.2 Å². The Morgan fingerprint density at radius 3 is 2.60 bits per heavy atom. The molecule has 0 aliphatic carbocycles. The van der Waals surface area contributed by atoms with Crippen molar-refractivity contribution in [2.45, 2.75) is 32.3 Å². The van der Waals surface area contributed by atoms with Crippen molar-refractivity contribution < 1.29 is 14.6 Å². The molecule has 2 unspecified atom stereocenters. The molecule has 3 heteroatoms. The number of benzene rings is 2. The van der Waals surface area contributed by atoms with Crippen LogP contribution in [0.3, 0.4) is 0 Å². The number of aliphatic hydroxyl groups is 1. The monoisotopic (exact) mass is 272 g/mol. The third-order valence-electron chi connectivity index (χ3n) is 3.82. The van der Waals surface area contributed by atoms with Gasteiger partial charge in [0.1, 0.15) is 0 Å². The fourth-order valence-electron chi connectivity index (χ4n) is 2.38. The van der Waals surface area contributed by atoms with Crippen molar-refractivity contribution in [2.75, 3.05) is 6.61 Å². The lowest BCUT2D eigenvalue weighted by Crippen LogP contribution is -2.41. The maximum Gasteiger partial charge on any atom is 0.338 e. The van der Waals surface area contributed by atoms with Gasteiger partial charge in [-0.1, -0.05) is 49.4 Å². The number of rotatable bonds is 4. The Balaban J connectivity index is 2.45. The van der Waals surface area contributed by atoms with E-state index in [2.05, 4.69) is 0 Å². The summed E-state index contributed by atoms with van der Waals surface area (Å²) in [5.74, 6) is -0.937. The van der Waals surface area contributed by atoms with Crippen LogP contribution >= 0.6 is 0 Å². The van der Waals surface area contributed by atoms with Crippen LogP contribution < -0.4 is 0 Å². The fraction of sp³-hybridized carbons (Fsp3) is 0.353. The van der Waals surface area contributed by atoms with Crippen LogP contribution in [0.1, 0.15) is 32.3 Å². The Bertz CT molecular complexity index is 611. The Hall–Kier alpha value is -1.87. The van der Waals surface area contributed by atoms with E-state index in [9.17, 15) is 9.90 Å². The number of fused-ring (bicyclic) bond motifs is 1. The summed E-state index contributed by atoms with van der Waals surface area (Å²) in [6.45, 7) is 5.35. The minimum atomic E-state index is -1.54. The van der Waals surface area contributed by atoms with E-state index in [4.69, 9.17) is 4.74 Å². The molecule has 0 saturated carbocycles. The summed E-state index contributed by atoms with van der Waals surface area (Å²) in [5, 5.41) is 12.7. The summed E-state index contributed by atoms with van der Waals surface area (Å²) in [6.07, 6.45) is 0. The molecule has 0 amide bonds. The zero-order chi connectivity index (χ0) is 14.8. The highest BCUT2D eigenvalue weighted by molar-refractivity contribution is 5.88. The maximum atomic E-state index is 11.9. The topological polar surface area (TPSA) is 46.5 Å². The van der Waals surface area contributed by atoms with Crippen molar-refractivity contribution in [3.8, 4) is 0 Å². The second kappa shape index (κ2) is 5.63. The number of hydrogen-bond acceptors (Lipinski definition) is 3. The Morgan fingerprint density at radius 1 is 1.25 bits per heavy atom. The van der Waals surface area contributed by atoms with E-state index >= 15 is 0 Å². The number of hydrogen-bond donors (Lipinski definition) is 1. The number of esters is 1. The Morgan fingerprint density at radius 2 is 1.90 bits per heavy atom. The largest absolute Gasteiger partial charge is 0.464 e. The summed E-state index contributed by atoms with van der Waals surface area (Å²) < 4.78 is 4.97. The van der Waals surface area contributed by atoms with E-state index in [0.29, 0.717) is 0 Å². The molecule has 0 aliphatic rings. The summed E-state index contributed by atoms with van der Waals surface area (Å²) >= 11 is 0. The van der Waals surface area contributed by atoms with Gasteiger partial charge in [0.15, 0.2) is 5.60 Å². The van der Waals surface area contributed by atoms with Gasteiger partial charge in [-0.15, -0.1) is 0 Å². The molecule has 0 bridgehead atoms. The standard InChI is InChI=1S/C17H20O3/c1-4-20-16(18)17(3,19)12(2)14-11-7-9-13-8-5-6-10-15(13)14/h5-12,19H,4H2,1-3H3. The van der Waals surface area contributed by atoms with Crippen LogP contribution in [0.4, 0.5) is 0 Å². The molecule has 0 radical (unpaired) electrons. The van der Waals surface area contributed by atoms with Crippen molar-refractivity contribution in [3.05, 3.63) is 48.0 Å². The molecule has 2 aromatic carbocycles. The maximum absolute atomic E-state index is 11.9. The van der Waals surface area contributed by atoms with Crippen LogP contribution in [0.5, 0.6) is 0 Å². The van der Waals surface area contributed by atoms with Crippen molar-refractivity contribution in [3.63, 3.8) is 0 Å². The van der Waals surface area contributed by atoms with Crippen LogP contribution in [0, 0.1) is 0 Å². The zero-order valence-corrected chi connectivity index (χ0v) is 12.1. The first-order valence-corrected chi connectivity index (χ1v) is 6.85. The van der Waals surface area contributed by atoms with Crippen molar-refractivity contribution >= 4 is 16.7 Å². The van der Waals surface area contributed by atoms with Crippen molar-refractivity contribution in [2.24, 2.45) is 0 Å². The van der Waals surface area contributed by atoms with Gasteiger partial charge in [0, 0.05) is 5.92 Å². The third-order valence-corrected chi connectivity index (χ3v) is 3.82. The molecule has 20 heavy (non-hydrogen) atoms. The highest BCUT2D eigenvalue weighted by Crippen LogP contribution is 2.33.